The van der Waals surface area contributed by atoms with E-state index in [1.54, 1.807) is 30.5 Å². The Kier molecular flexibility index (Phi) is 3.54. The van der Waals surface area contributed by atoms with Crippen LogP contribution in [0.25, 0.3) is 87.8 Å². The summed E-state index contributed by atoms with van der Waals surface area (Å²) < 4.78 is 82.5. The van der Waals surface area contributed by atoms with Crippen LogP contribution in [0.4, 0.5) is 0 Å². The highest BCUT2D eigenvalue weighted by molar-refractivity contribution is 6.21. The summed E-state index contributed by atoms with van der Waals surface area (Å²) in [5.74, 6) is 0. The summed E-state index contributed by atoms with van der Waals surface area (Å²) in [5, 5.41) is 3.70. The monoisotopic (exact) mass is 544 g/mol. The van der Waals surface area contributed by atoms with Crippen molar-refractivity contribution in [3.05, 3.63) is 146 Å². The van der Waals surface area contributed by atoms with E-state index in [0.29, 0.717) is 22.3 Å². The van der Waals surface area contributed by atoms with E-state index in [-0.39, 0.29) is 45.7 Å². The van der Waals surface area contributed by atoms with Gasteiger partial charge in [-0.1, -0.05) is 109 Å². The molecule has 0 aliphatic heterocycles. The summed E-state index contributed by atoms with van der Waals surface area (Å²) in [5.41, 5.74) is 5.79. The number of rotatable bonds is 3. The maximum absolute atomic E-state index is 9.11. The SMILES string of the molecule is [2H]c1c([2H])c([2H])c2c(-c3ccc(-c4ccc5c(c4)oc4ccc6occc6c45)cc3)c3c([2H])c([2H])c([2H])c([2H])c3c(-c3ccccc3)c2c1[2H]. The standard InChI is InChI=1S/C40H24O2/c1-2-8-26(9-3-1)38-29-10-4-6-12-31(29)39(32-13-7-5-11-30(32)38)27-16-14-25(15-17-27)28-18-19-33-37(24-28)42-36-21-20-35-34(40(33)36)22-23-41-35/h1-24H/i4D,5D,6D,7D,10D,11D,12D,13D. The fourth-order valence-corrected chi connectivity index (χ4v) is 6.13. The van der Waals surface area contributed by atoms with Crippen molar-refractivity contribution in [1.82, 2.24) is 0 Å². The van der Waals surface area contributed by atoms with Crippen LogP contribution in [0.15, 0.2) is 154 Å². The predicted octanol–water partition coefficient (Wildman–Crippen LogP) is 11.6. The van der Waals surface area contributed by atoms with Crippen LogP contribution in [0, 0.1) is 0 Å². The van der Waals surface area contributed by atoms with Crippen molar-refractivity contribution in [1.29, 1.82) is 0 Å². The lowest BCUT2D eigenvalue weighted by Crippen LogP contribution is -1.90. The molecular formula is C40H24O2. The number of furan rings is 2. The van der Waals surface area contributed by atoms with Crippen LogP contribution >= 0.6 is 0 Å². The summed E-state index contributed by atoms with van der Waals surface area (Å²) in [6, 6.07) is 25.3. The first-order chi connectivity index (χ1) is 24.2. The normalized spacial score (nSPS) is 14.5. The fraction of sp³-hybridized carbons (Fsp3) is 0. The lowest BCUT2D eigenvalue weighted by molar-refractivity contribution is 0.615. The third-order valence-corrected chi connectivity index (χ3v) is 8.01. The Bertz CT molecular complexity index is 2810. The average Bonchev–Trinajstić information content (AvgIpc) is 3.78. The second kappa shape index (κ2) is 8.95. The lowest BCUT2D eigenvalue weighted by Gasteiger charge is -2.18. The minimum absolute atomic E-state index is 0.189. The molecule has 0 unspecified atom stereocenters. The molecular weight excluding hydrogens is 512 g/mol. The van der Waals surface area contributed by atoms with Crippen molar-refractivity contribution in [3.63, 3.8) is 0 Å². The molecule has 196 valence electrons. The van der Waals surface area contributed by atoms with Gasteiger partial charge in [0.1, 0.15) is 16.7 Å². The van der Waals surface area contributed by atoms with E-state index >= 15 is 0 Å². The topological polar surface area (TPSA) is 26.3 Å². The summed E-state index contributed by atoms with van der Waals surface area (Å²) in [7, 11) is 0. The quantitative estimate of drug-likeness (QED) is 0.207. The molecule has 9 aromatic rings. The molecule has 0 N–H and O–H groups in total. The number of hydrogen-bond acceptors (Lipinski definition) is 2. The lowest BCUT2D eigenvalue weighted by atomic mass is 9.86. The van der Waals surface area contributed by atoms with Crippen LogP contribution in [-0.2, 0) is 0 Å². The van der Waals surface area contributed by atoms with E-state index in [2.05, 4.69) is 0 Å². The Hall–Kier alpha value is -5.60. The van der Waals surface area contributed by atoms with Gasteiger partial charge in [0.2, 0.25) is 0 Å². The van der Waals surface area contributed by atoms with E-state index < -0.39 is 24.2 Å². The largest absolute Gasteiger partial charge is 0.464 e. The van der Waals surface area contributed by atoms with E-state index in [1.807, 2.05) is 66.7 Å². The number of fused-ring (bicyclic) bond motifs is 7. The smallest absolute Gasteiger partial charge is 0.136 e. The fourth-order valence-electron chi connectivity index (χ4n) is 6.13. The summed E-state index contributed by atoms with van der Waals surface area (Å²) >= 11 is 0. The Labute approximate surface area is 253 Å². The molecule has 0 fully saturated rings. The highest BCUT2D eigenvalue weighted by Crippen LogP contribution is 2.44. The molecule has 2 nitrogen and oxygen atoms in total. The minimum atomic E-state index is -0.425. The minimum Gasteiger partial charge on any atom is -0.464 e. The maximum atomic E-state index is 9.11. The van der Waals surface area contributed by atoms with Crippen molar-refractivity contribution in [2.24, 2.45) is 0 Å². The first kappa shape index (κ1) is 16.6. The molecule has 0 saturated heterocycles. The van der Waals surface area contributed by atoms with Gasteiger partial charge < -0.3 is 8.83 Å². The van der Waals surface area contributed by atoms with Gasteiger partial charge in [-0.05, 0) is 85.3 Å². The van der Waals surface area contributed by atoms with Gasteiger partial charge in [-0.2, -0.15) is 0 Å². The van der Waals surface area contributed by atoms with Crippen LogP contribution in [0.5, 0.6) is 0 Å². The van der Waals surface area contributed by atoms with Crippen molar-refractivity contribution >= 4 is 54.5 Å². The first-order valence-corrected chi connectivity index (χ1v) is 13.6. The zero-order chi connectivity index (χ0) is 34.6. The van der Waals surface area contributed by atoms with Gasteiger partial charge in [0.05, 0.1) is 17.2 Å². The van der Waals surface area contributed by atoms with E-state index in [1.165, 1.54) is 0 Å². The Morgan fingerprint density at radius 3 is 1.64 bits per heavy atom. The molecule has 0 bridgehead atoms. The molecule has 0 saturated carbocycles. The molecule has 0 aliphatic rings. The average molecular weight is 545 g/mol. The van der Waals surface area contributed by atoms with Crippen LogP contribution in [0.2, 0.25) is 0 Å². The maximum Gasteiger partial charge on any atom is 0.136 e. The van der Waals surface area contributed by atoms with Gasteiger partial charge in [0.25, 0.3) is 0 Å². The van der Waals surface area contributed by atoms with Crippen molar-refractivity contribution in [3.8, 4) is 33.4 Å². The van der Waals surface area contributed by atoms with Gasteiger partial charge in [-0.15, -0.1) is 0 Å². The second-order valence-corrected chi connectivity index (χ2v) is 10.3. The Balaban J connectivity index is 1.32. The first-order valence-electron chi connectivity index (χ1n) is 17.6. The number of benzene rings is 7. The van der Waals surface area contributed by atoms with Crippen molar-refractivity contribution in [2.45, 2.75) is 0 Å². The van der Waals surface area contributed by atoms with Crippen LogP contribution in [-0.4, -0.2) is 0 Å². The molecule has 2 aromatic heterocycles. The van der Waals surface area contributed by atoms with Gasteiger partial charge in [0.15, 0.2) is 0 Å². The van der Waals surface area contributed by atoms with Gasteiger partial charge in [-0.25, -0.2) is 0 Å². The van der Waals surface area contributed by atoms with E-state index in [9.17, 15) is 0 Å². The van der Waals surface area contributed by atoms with Gasteiger partial charge in [-0.3, -0.25) is 0 Å². The van der Waals surface area contributed by atoms with Gasteiger partial charge in [0, 0.05) is 16.2 Å². The van der Waals surface area contributed by atoms with Crippen LogP contribution in [0.1, 0.15) is 11.0 Å². The molecule has 2 heterocycles. The Morgan fingerprint density at radius 1 is 0.429 bits per heavy atom. The summed E-state index contributed by atoms with van der Waals surface area (Å²) in [6.07, 6.45) is 1.66. The summed E-state index contributed by atoms with van der Waals surface area (Å²) in [6.45, 7) is 0. The third kappa shape index (κ3) is 3.39. The molecule has 42 heavy (non-hydrogen) atoms. The molecule has 2 heteroatoms. The highest BCUT2D eigenvalue weighted by atomic mass is 16.3. The van der Waals surface area contributed by atoms with Crippen LogP contribution < -0.4 is 0 Å². The molecule has 0 radical (unpaired) electrons. The summed E-state index contributed by atoms with van der Waals surface area (Å²) in [4.78, 5) is 0. The Morgan fingerprint density at radius 2 is 0.976 bits per heavy atom. The highest BCUT2D eigenvalue weighted by Gasteiger charge is 2.17. The molecule has 0 aliphatic carbocycles. The van der Waals surface area contributed by atoms with Crippen LogP contribution in [0.3, 0.4) is 0 Å². The molecule has 7 aromatic carbocycles. The predicted molar refractivity (Wildman–Crippen MR) is 175 cm³/mol. The zero-order valence-corrected chi connectivity index (χ0v) is 22.1. The third-order valence-electron chi connectivity index (χ3n) is 8.01. The van der Waals surface area contributed by atoms with Gasteiger partial charge >= 0.3 is 0 Å². The molecule has 0 amide bonds. The second-order valence-electron chi connectivity index (χ2n) is 10.3. The molecule has 0 spiro atoms. The van der Waals surface area contributed by atoms with E-state index in [4.69, 9.17) is 19.8 Å². The van der Waals surface area contributed by atoms with E-state index in [0.717, 1.165) is 44.0 Å². The number of hydrogen-bond donors (Lipinski definition) is 0. The van der Waals surface area contributed by atoms with Crippen molar-refractivity contribution < 1.29 is 19.8 Å². The molecule has 0 atom stereocenters. The zero-order valence-electron chi connectivity index (χ0n) is 30.1. The molecule has 9 rings (SSSR count). The van der Waals surface area contributed by atoms with Crippen molar-refractivity contribution in [2.75, 3.05) is 0 Å².